The zero-order valence-electron chi connectivity index (χ0n) is 15.4. The molecule has 0 saturated heterocycles. The van der Waals surface area contributed by atoms with Gasteiger partial charge in [0.15, 0.2) is 11.5 Å². The summed E-state index contributed by atoms with van der Waals surface area (Å²) in [6.45, 7) is 2.21. The smallest absolute Gasteiger partial charge is 0.161 e. The van der Waals surface area contributed by atoms with Crippen molar-refractivity contribution in [3.63, 3.8) is 0 Å². The molecule has 25 heavy (non-hydrogen) atoms. The molecule has 0 unspecified atom stereocenters. The molecule has 5 heteroatoms. The highest BCUT2D eigenvalue weighted by molar-refractivity contribution is 5.42. The summed E-state index contributed by atoms with van der Waals surface area (Å²) < 4.78 is 16.1. The van der Waals surface area contributed by atoms with Crippen molar-refractivity contribution in [2.24, 2.45) is 0 Å². The largest absolute Gasteiger partial charge is 0.493 e. The number of aliphatic hydroxyl groups excluding tert-OH is 1. The Morgan fingerprint density at radius 3 is 2.72 bits per heavy atom. The Labute approximate surface area is 151 Å². The fourth-order valence-corrected chi connectivity index (χ4v) is 2.99. The van der Waals surface area contributed by atoms with Crippen molar-refractivity contribution in [3.8, 4) is 11.5 Å². The fourth-order valence-electron chi connectivity index (χ4n) is 2.99. The van der Waals surface area contributed by atoms with E-state index in [0.29, 0.717) is 31.3 Å². The number of hydrogen-bond donors (Lipinski definition) is 2. The SMILES string of the molecule is COc1ccc(COC[C@H](O)CNCCC2=CCCCC2)cc1OC. The van der Waals surface area contributed by atoms with E-state index in [-0.39, 0.29) is 0 Å². The number of benzene rings is 1. The Morgan fingerprint density at radius 1 is 1.16 bits per heavy atom. The van der Waals surface area contributed by atoms with E-state index in [1.54, 1.807) is 19.8 Å². The van der Waals surface area contributed by atoms with E-state index < -0.39 is 6.10 Å². The molecule has 140 valence electrons. The lowest BCUT2D eigenvalue weighted by Gasteiger charge is -2.15. The standard InChI is InChI=1S/C20H31NO4/c1-23-19-9-8-17(12-20(19)24-2)14-25-15-18(22)13-21-11-10-16-6-4-3-5-7-16/h6,8-9,12,18,21-22H,3-5,7,10-11,13-15H2,1-2H3/t18-/m1/s1. The summed E-state index contributed by atoms with van der Waals surface area (Å²) >= 11 is 0. The molecule has 2 N–H and O–H groups in total. The van der Waals surface area contributed by atoms with E-state index in [2.05, 4.69) is 11.4 Å². The van der Waals surface area contributed by atoms with Crippen LogP contribution in [0.1, 0.15) is 37.7 Å². The van der Waals surface area contributed by atoms with Gasteiger partial charge in [-0.15, -0.1) is 0 Å². The van der Waals surface area contributed by atoms with Gasteiger partial charge in [0.25, 0.3) is 0 Å². The molecule has 1 aliphatic rings. The third-order valence-electron chi connectivity index (χ3n) is 4.41. The van der Waals surface area contributed by atoms with Crippen LogP contribution in [-0.2, 0) is 11.3 Å². The molecular weight excluding hydrogens is 318 g/mol. The number of methoxy groups -OCH3 is 2. The van der Waals surface area contributed by atoms with E-state index in [1.807, 2.05) is 18.2 Å². The van der Waals surface area contributed by atoms with Crippen molar-refractivity contribution >= 4 is 0 Å². The molecule has 0 spiro atoms. The molecule has 1 atom stereocenters. The van der Waals surface area contributed by atoms with Gasteiger partial charge in [-0.3, -0.25) is 0 Å². The molecule has 0 radical (unpaired) electrons. The maximum Gasteiger partial charge on any atom is 0.161 e. The lowest BCUT2D eigenvalue weighted by Crippen LogP contribution is -2.31. The Hall–Kier alpha value is -1.56. The van der Waals surface area contributed by atoms with Crippen LogP contribution in [0.4, 0.5) is 0 Å². The Morgan fingerprint density at radius 2 is 2.00 bits per heavy atom. The monoisotopic (exact) mass is 349 g/mol. The van der Waals surface area contributed by atoms with Crippen LogP contribution in [0.15, 0.2) is 29.8 Å². The molecule has 0 aromatic heterocycles. The molecule has 0 fully saturated rings. The van der Waals surface area contributed by atoms with Crippen molar-refractivity contribution in [1.82, 2.24) is 5.32 Å². The van der Waals surface area contributed by atoms with Gasteiger partial charge in [-0.25, -0.2) is 0 Å². The highest BCUT2D eigenvalue weighted by Crippen LogP contribution is 2.27. The maximum absolute atomic E-state index is 10.0. The zero-order chi connectivity index (χ0) is 17.9. The minimum Gasteiger partial charge on any atom is -0.493 e. The average molecular weight is 349 g/mol. The molecule has 0 aliphatic heterocycles. The number of allylic oxidation sites excluding steroid dienone is 1. The molecule has 0 heterocycles. The maximum atomic E-state index is 10.0. The highest BCUT2D eigenvalue weighted by Gasteiger charge is 2.08. The zero-order valence-corrected chi connectivity index (χ0v) is 15.4. The lowest BCUT2D eigenvalue weighted by molar-refractivity contribution is 0.0289. The van der Waals surface area contributed by atoms with E-state index in [9.17, 15) is 5.11 Å². The average Bonchev–Trinajstić information content (AvgIpc) is 2.66. The van der Waals surface area contributed by atoms with Crippen molar-refractivity contribution < 1.29 is 19.3 Å². The van der Waals surface area contributed by atoms with Gasteiger partial charge in [-0.2, -0.15) is 0 Å². The normalized spacial score (nSPS) is 15.6. The Kier molecular flexibility index (Phi) is 8.80. The first kappa shape index (κ1) is 19.8. The van der Waals surface area contributed by atoms with Crippen LogP contribution in [0.2, 0.25) is 0 Å². The molecule has 1 aromatic carbocycles. The second-order valence-corrected chi connectivity index (χ2v) is 6.42. The van der Waals surface area contributed by atoms with Gasteiger partial charge < -0.3 is 24.6 Å². The van der Waals surface area contributed by atoms with Crippen molar-refractivity contribution in [2.45, 2.75) is 44.8 Å². The molecule has 5 nitrogen and oxygen atoms in total. The second-order valence-electron chi connectivity index (χ2n) is 6.42. The summed E-state index contributed by atoms with van der Waals surface area (Å²) in [4.78, 5) is 0. The minimum absolute atomic E-state index is 0.310. The van der Waals surface area contributed by atoms with E-state index in [4.69, 9.17) is 14.2 Å². The topological polar surface area (TPSA) is 60.0 Å². The third kappa shape index (κ3) is 7.06. The molecule has 1 aliphatic carbocycles. The number of rotatable bonds is 11. The molecule has 1 aromatic rings. The summed E-state index contributed by atoms with van der Waals surface area (Å²) in [5.74, 6) is 1.38. The molecule has 0 bridgehead atoms. The number of nitrogens with one attached hydrogen (secondary N) is 1. The van der Waals surface area contributed by atoms with Gasteiger partial charge >= 0.3 is 0 Å². The summed E-state index contributed by atoms with van der Waals surface area (Å²) in [6, 6.07) is 5.68. The van der Waals surface area contributed by atoms with Gasteiger partial charge in [0.1, 0.15) is 0 Å². The minimum atomic E-state index is -0.500. The van der Waals surface area contributed by atoms with E-state index in [1.165, 1.54) is 25.7 Å². The predicted molar refractivity (Wildman–Crippen MR) is 99.2 cm³/mol. The quantitative estimate of drug-likeness (QED) is 0.475. The van der Waals surface area contributed by atoms with Gasteiger partial charge in [0.05, 0.1) is 33.5 Å². The number of aliphatic hydroxyl groups is 1. The summed E-state index contributed by atoms with van der Waals surface area (Å²) in [6.07, 6.45) is 8.06. The number of ether oxygens (including phenoxy) is 3. The highest BCUT2D eigenvalue weighted by atomic mass is 16.5. The van der Waals surface area contributed by atoms with Crippen molar-refractivity contribution in [1.29, 1.82) is 0 Å². The van der Waals surface area contributed by atoms with Crippen LogP contribution < -0.4 is 14.8 Å². The van der Waals surface area contributed by atoms with E-state index >= 15 is 0 Å². The molecule has 0 amide bonds. The predicted octanol–water partition coefficient (Wildman–Crippen LogP) is 3.06. The van der Waals surface area contributed by atoms with Crippen LogP contribution in [0.25, 0.3) is 0 Å². The van der Waals surface area contributed by atoms with E-state index in [0.717, 1.165) is 18.5 Å². The first-order chi connectivity index (χ1) is 12.2. The van der Waals surface area contributed by atoms with Crippen molar-refractivity contribution in [2.75, 3.05) is 33.9 Å². The summed E-state index contributed by atoms with van der Waals surface area (Å²) in [5, 5.41) is 13.3. The number of hydrogen-bond acceptors (Lipinski definition) is 5. The Bertz CT molecular complexity index is 544. The van der Waals surface area contributed by atoms with Crippen molar-refractivity contribution in [3.05, 3.63) is 35.4 Å². The van der Waals surface area contributed by atoms with Gasteiger partial charge in [0.2, 0.25) is 0 Å². The lowest BCUT2D eigenvalue weighted by atomic mass is 9.97. The summed E-state index contributed by atoms with van der Waals surface area (Å²) in [5.41, 5.74) is 2.54. The fraction of sp³-hybridized carbons (Fsp3) is 0.600. The molecular formula is C20H31NO4. The third-order valence-corrected chi connectivity index (χ3v) is 4.41. The molecule has 2 rings (SSSR count). The summed E-state index contributed by atoms with van der Waals surface area (Å²) in [7, 11) is 3.23. The first-order valence-corrected chi connectivity index (χ1v) is 9.08. The van der Waals surface area contributed by atoms with Gasteiger partial charge in [-0.1, -0.05) is 17.7 Å². The molecule has 0 saturated carbocycles. The van der Waals surface area contributed by atoms with Crippen LogP contribution in [0.5, 0.6) is 11.5 Å². The van der Waals surface area contributed by atoms with Crippen LogP contribution in [0, 0.1) is 0 Å². The first-order valence-electron chi connectivity index (χ1n) is 9.08. The van der Waals surface area contributed by atoms with Gasteiger partial charge in [-0.05, 0) is 56.3 Å². The van der Waals surface area contributed by atoms with Crippen LogP contribution in [0.3, 0.4) is 0 Å². The second kappa shape index (κ2) is 11.1. The van der Waals surface area contributed by atoms with Crippen LogP contribution in [-0.4, -0.2) is 45.1 Å². The Balaban J connectivity index is 1.60. The van der Waals surface area contributed by atoms with Crippen LogP contribution >= 0.6 is 0 Å². The van der Waals surface area contributed by atoms with Gasteiger partial charge in [0, 0.05) is 6.54 Å².